The molecule has 0 aliphatic carbocycles. The molecule has 0 saturated carbocycles. The molecule has 4 heteroatoms. The van der Waals surface area contributed by atoms with Gasteiger partial charge in [-0.2, -0.15) is 5.10 Å². The maximum absolute atomic E-state index is 11.9. The minimum absolute atomic E-state index is 0.0265. The van der Waals surface area contributed by atoms with E-state index in [9.17, 15) is 4.79 Å². The minimum atomic E-state index is 0.0265. The van der Waals surface area contributed by atoms with Gasteiger partial charge < -0.3 is 4.90 Å². The molecule has 1 aliphatic rings. The van der Waals surface area contributed by atoms with E-state index in [1.165, 1.54) is 0 Å². The maximum atomic E-state index is 11.9. The number of aromatic nitrogens is 2. The van der Waals surface area contributed by atoms with Crippen LogP contribution < -0.4 is 4.90 Å². The number of aromatic amines is 1. The molecule has 2 heterocycles. The summed E-state index contributed by atoms with van der Waals surface area (Å²) in [5.41, 5.74) is 2.82. The van der Waals surface area contributed by atoms with Crippen molar-refractivity contribution in [1.29, 1.82) is 0 Å². The SMILES string of the molecule is C#CC1CC(=O)N(c2ccc3n[nH]c(C)c3c2)C1. The number of hydrogen-bond acceptors (Lipinski definition) is 2. The Labute approximate surface area is 105 Å². The fourth-order valence-electron chi connectivity index (χ4n) is 2.36. The summed E-state index contributed by atoms with van der Waals surface area (Å²) >= 11 is 0. The number of carbonyl (C=O) groups is 1. The molecular formula is C14H13N3O. The van der Waals surface area contributed by atoms with Crippen LogP contribution in [0.5, 0.6) is 0 Å². The van der Waals surface area contributed by atoms with Crippen LogP contribution >= 0.6 is 0 Å². The second-order valence-electron chi connectivity index (χ2n) is 4.62. The normalized spacial score (nSPS) is 19.4. The zero-order valence-electron chi connectivity index (χ0n) is 10.1. The van der Waals surface area contributed by atoms with Gasteiger partial charge in [0.05, 0.1) is 5.52 Å². The van der Waals surface area contributed by atoms with Crippen molar-refractivity contribution < 1.29 is 4.79 Å². The second-order valence-corrected chi connectivity index (χ2v) is 4.62. The van der Waals surface area contributed by atoms with Gasteiger partial charge >= 0.3 is 0 Å². The van der Waals surface area contributed by atoms with Gasteiger partial charge in [-0.05, 0) is 25.1 Å². The Balaban J connectivity index is 2.02. The van der Waals surface area contributed by atoms with E-state index in [1.807, 2.05) is 25.1 Å². The summed E-state index contributed by atoms with van der Waals surface area (Å²) in [5, 5.41) is 8.16. The van der Waals surface area contributed by atoms with Crippen LogP contribution in [-0.4, -0.2) is 22.6 Å². The Kier molecular flexibility index (Phi) is 2.34. The van der Waals surface area contributed by atoms with E-state index in [0.717, 1.165) is 22.3 Å². The van der Waals surface area contributed by atoms with E-state index < -0.39 is 0 Å². The Morgan fingerprint density at radius 1 is 1.56 bits per heavy atom. The van der Waals surface area contributed by atoms with Gasteiger partial charge in [0.2, 0.25) is 5.91 Å². The van der Waals surface area contributed by atoms with E-state index in [0.29, 0.717) is 13.0 Å². The molecule has 0 spiro atoms. The topological polar surface area (TPSA) is 49.0 Å². The number of nitrogens with zero attached hydrogens (tertiary/aromatic N) is 2. The van der Waals surface area contributed by atoms with Crippen LogP contribution in [0, 0.1) is 25.2 Å². The Hall–Kier alpha value is -2.28. The molecule has 1 fully saturated rings. The summed E-state index contributed by atoms with van der Waals surface area (Å²) in [7, 11) is 0. The highest BCUT2D eigenvalue weighted by Gasteiger charge is 2.29. The number of carbonyl (C=O) groups excluding carboxylic acids is 1. The second kappa shape index (κ2) is 3.88. The van der Waals surface area contributed by atoms with E-state index in [4.69, 9.17) is 6.42 Å². The lowest BCUT2D eigenvalue weighted by atomic mass is 10.1. The first-order valence-corrected chi connectivity index (χ1v) is 5.90. The smallest absolute Gasteiger partial charge is 0.228 e. The minimum Gasteiger partial charge on any atom is -0.311 e. The standard InChI is InChI=1S/C14H13N3O/c1-3-10-6-14(18)17(8-10)11-4-5-13-12(7-11)9(2)15-16-13/h1,4-5,7,10H,6,8H2,2H3,(H,15,16). The third-order valence-electron chi connectivity index (χ3n) is 3.40. The van der Waals surface area contributed by atoms with Crippen molar-refractivity contribution in [2.24, 2.45) is 5.92 Å². The highest BCUT2D eigenvalue weighted by molar-refractivity contribution is 5.98. The molecule has 1 aromatic heterocycles. The quantitative estimate of drug-likeness (QED) is 0.772. The van der Waals surface area contributed by atoms with Gasteiger partial charge in [-0.25, -0.2) is 0 Å². The number of H-pyrrole nitrogens is 1. The summed E-state index contributed by atoms with van der Waals surface area (Å²) < 4.78 is 0. The first kappa shape index (κ1) is 10.8. The van der Waals surface area contributed by atoms with Crippen LogP contribution in [0.1, 0.15) is 12.1 Å². The summed E-state index contributed by atoms with van der Waals surface area (Å²) in [6.45, 7) is 2.58. The maximum Gasteiger partial charge on any atom is 0.228 e. The summed E-state index contributed by atoms with van der Waals surface area (Å²) in [4.78, 5) is 13.7. The van der Waals surface area contributed by atoms with Gasteiger partial charge in [-0.1, -0.05) is 0 Å². The number of hydrogen-bond donors (Lipinski definition) is 1. The van der Waals surface area contributed by atoms with Crippen molar-refractivity contribution >= 4 is 22.5 Å². The lowest BCUT2D eigenvalue weighted by Crippen LogP contribution is -2.24. The number of aryl methyl sites for hydroxylation is 1. The van der Waals surface area contributed by atoms with Crippen LogP contribution in [0.3, 0.4) is 0 Å². The van der Waals surface area contributed by atoms with Crippen LogP contribution in [0.15, 0.2) is 18.2 Å². The van der Waals surface area contributed by atoms with Crippen molar-refractivity contribution in [3.05, 3.63) is 23.9 Å². The number of amides is 1. The van der Waals surface area contributed by atoms with Crippen molar-refractivity contribution in [3.63, 3.8) is 0 Å². The molecule has 4 nitrogen and oxygen atoms in total. The fourth-order valence-corrected chi connectivity index (χ4v) is 2.36. The van der Waals surface area contributed by atoms with Crippen LogP contribution in [0.2, 0.25) is 0 Å². The molecule has 1 unspecified atom stereocenters. The molecule has 1 aliphatic heterocycles. The largest absolute Gasteiger partial charge is 0.311 e. The van der Waals surface area contributed by atoms with Crippen LogP contribution in [0.25, 0.3) is 10.9 Å². The first-order valence-electron chi connectivity index (χ1n) is 5.90. The molecule has 1 atom stereocenters. The molecule has 90 valence electrons. The highest BCUT2D eigenvalue weighted by Crippen LogP contribution is 2.28. The summed E-state index contributed by atoms with van der Waals surface area (Å²) in [6, 6.07) is 5.83. The van der Waals surface area contributed by atoms with Gasteiger partial charge in [0.1, 0.15) is 0 Å². The van der Waals surface area contributed by atoms with Gasteiger partial charge in [-0.3, -0.25) is 9.89 Å². The number of anilines is 1. The predicted octanol–water partition coefficient (Wildman–Crippen LogP) is 1.86. The third-order valence-corrected chi connectivity index (χ3v) is 3.40. The summed E-state index contributed by atoms with van der Waals surface area (Å²) in [5.74, 6) is 2.78. The molecule has 18 heavy (non-hydrogen) atoms. The number of terminal acetylenes is 1. The Bertz CT molecular complexity index is 665. The number of fused-ring (bicyclic) bond motifs is 1. The zero-order chi connectivity index (χ0) is 12.7. The molecular weight excluding hydrogens is 226 g/mol. The van der Waals surface area contributed by atoms with Crippen molar-refractivity contribution in [3.8, 4) is 12.3 Å². The lowest BCUT2D eigenvalue weighted by molar-refractivity contribution is -0.117. The molecule has 0 bridgehead atoms. The van der Waals surface area contributed by atoms with Crippen LogP contribution in [-0.2, 0) is 4.79 Å². The average Bonchev–Trinajstić information content (AvgIpc) is 2.93. The lowest BCUT2D eigenvalue weighted by Gasteiger charge is -2.15. The molecule has 2 aromatic rings. The van der Waals surface area contributed by atoms with E-state index >= 15 is 0 Å². The van der Waals surface area contributed by atoms with Gasteiger partial charge in [0.15, 0.2) is 0 Å². The molecule has 1 N–H and O–H groups in total. The van der Waals surface area contributed by atoms with Crippen molar-refractivity contribution in [2.45, 2.75) is 13.3 Å². The molecule has 1 aromatic carbocycles. The highest BCUT2D eigenvalue weighted by atomic mass is 16.2. The van der Waals surface area contributed by atoms with E-state index in [1.54, 1.807) is 4.90 Å². The van der Waals surface area contributed by atoms with Gasteiger partial charge in [0, 0.05) is 35.7 Å². The first-order chi connectivity index (χ1) is 8.69. The Morgan fingerprint density at radius 3 is 3.11 bits per heavy atom. The predicted molar refractivity (Wildman–Crippen MR) is 70.1 cm³/mol. The van der Waals surface area contributed by atoms with Crippen molar-refractivity contribution in [1.82, 2.24) is 10.2 Å². The molecule has 3 rings (SSSR count). The summed E-state index contributed by atoms with van der Waals surface area (Å²) in [6.07, 6.45) is 5.83. The van der Waals surface area contributed by atoms with Crippen LogP contribution in [0.4, 0.5) is 5.69 Å². The van der Waals surface area contributed by atoms with E-state index in [-0.39, 0.29) is 11.8 Å². The Morgan fingerprint density at radius 2 is 2.39 bits per heavy atom. The molecule has 1 amide bonds. The average molecular weight is 239 g/mol. The fraction of sp³-hybridized carbons (Fsp3) is 0.286. The number of benzene rings is 1. The van der Waals surface area contributed by atoms with Crippen molar-refractivity contribution in [2.75, 3.05) is 11.4 Å². The van der Waals surface area contributed by atoms with E-state index in [2.05, 4.69) is 16.1 Å². The monoisotopic (exact) mass is 239 g/mol. The molecule has 0 radical (unpaired) electrons. The number of rotatable bonds is 1. The number of nitrogens with one attached hydrogen (secondary N) is 1. The molecule has 1 saturated heterocycles. The van der Waals surface area contributed by atoms with Gasteiger partial charge in [-0.15, -0.1) is 12.3 Å². The third kappa shape index (κ3) is 1.56. The zero-order valence-corrected chi connectivity index (χ0v) is 10.1. The van der Waals surface area contributed by atoms with Gasteiger partial charge in [0.25, 0.3) is 0 Å².